The second-order valence-corrected chi connectivity index (χ2v) is 3.53. The zero-order valence-corrected chi connectivity index (χ0v) is 9.68. The van der Waals surface area contributed by atoms with Gasteiger partial charge < -0.3 is 4.74 Å². The predicted molar refractivity (Wildman–Crippen MR) is 61.3 cm³/mol. The smallest absolute Gasteiger partial charge is 0.411 e. The van der Waals surface area contributed by atoms with Crippen LogP contribution < -0.4 is 5.32 Å². The van der Waals surface area contributed by atoms with E-state index in [0.29, 0.717) is 6.61 Å². The van der Waals surface area contributed by atoms with E-state index in [0.717, 1.165) is 11.3 Å². The van der Waals surface area contributed by atoms with Crippen LogP contribution in [0.1, 0.15) is 23.6 Å². The molecule has 0 heterocycles. The lowest BCUT2D eigenvalue weighted by atomic mass is 10.0. The van der Waals surface area contributed by atoms with Gasteiger partial charge in [-0.05, 0) is 50.5 Å². The van der Waals surface area contributed by atoms with Gasteiger partial charge in [-0.3, -0.25) is 5.32 Å². The number of hydrogen-bond donors (Lipinski definition) is 1. The van der Waals surface area contributed by atoms with E-state index >= 15 is 0 Å². The fourth-order valence-electron chi connectivity index (χ4n) is 1.37. The molecule has 0 fully saturated rings. The lowest BCUT2D eigenvalue weighted by Gasteiger charge is -2.12. The summed E-state index contributed by atoms with van der Waals surface area (Å²) in [7, 11) is 0. The van der Waals surface area contributed by atoms with Crippen molar-refractivity contribution in [2.24, 2.45) is 0 Å². The molecule has 0 radical (unpaired) electrons. The van der Waals surface area contributed by atoms with Crippen LogP contribution in [-0.4, -0.2) is 12.7 Å². The molecule has 1 aromatic carbocycles. The molecule has 0 aromatic heterocycles. The van der Waals surface area contributed by atoms with Crippen molar-refractivity contribution in [1.82, 2.24) is 0 Å². The molecule has 3 heteroatoms. The Hall–Kier alpha value is -1.51. The molecule has 0 aliphatic heterocycles. The Labute approximate surface area is 90.4 Å². The van der Waals surface area contributed by atoms with Crippen LogP contribution in [0.3, 0.4) is 0 Å². The van der Waals surface area contributed by atoms with Gasteiger partial charge in [-0.2, -0.15) is 0 Å². The van der Waals surface area contributed by atoms with E-state index in [-0.39, 0.29) is 0 Å². The molecule has 0 spiro atoms. The zero-order valence-electron chi connectivity index (χ0n) is 9.68. The van der Waals surface area contributed by atoms with Crippen LogP contribution in [0.4, 0.5) is 10.5 Å². The number of ether oxygens (including phenoxy) is 1. The van der Waals surface area contributed by atoms with E-state index in [1.807, 2.05) is 26.0 Å². The summed E-state index contributed by atoms with van der Waals surface area (Å²) >= 11 is 0. The largest absolute Gasteiger partial charge is 0.450 e. The van der Waals surface area contributed by atoms with Crippen molar-refractivity contribution in [2.45, 2.75) is 27.7 Å². The standard InChI is InChI=1S/C12H17NO2/c1-5-15-12(14)13-11-7-6-8(2)9(3)10(11)4/h6-7H,5H2,1-4H3,(H,13,14). The maximum Gasteiger partial charge on any atom is 0.411 e. The van der Waals surface area contributed by atoms with Gasteiger partial charge in [-0.15, -0.1) is 0 Å². The lowest BCUT2D eigenvalue weighted by Crippen LogP contribution is -2.14. The molecule has 1 aromatic rings. The minimum absolute atomic E-state index is 0.385. The van der Waals surface area contributed by atoms with E-state index in [1.54, 1.807) is 6.92 Å². The molecule has 1 rings (SSSR count). The number of nitrogens with one attached hydrogen (secondary N) is 1. The van der Waals surface area contributed by atoms with Gasteiger partial charge in [-0.1, -0.05) is 6.07 Å². The summed E-state index contributed by atoms with van der Waals surface area (Å²) in [5.41, 5.74) is 4.32. The summed E-state index contributed by atoms with van der Waals surface area (Å²) in [5.74, 6) is 0. The van der Waals surface area contributed by atoms with Gasteiger partial charge in [0.05, 0.1) is 6.61 Å². The first-order valence-electron chi connectivity index (χ1n) is 5.06. The van der Waals surface area contributed by atoms with Crippen molar-refractivity contribution in [1.29, 1.82) is 0 Å². The molecular weight excluding hydrogens is 190 g/mol. The van der Waals surface area contributed by atoms with E-state index in [9.17, 15) is 4.79 Å². The Balaban J connectivity index is 2.87. The summed E-state index contributed by atoms with van der Waals surface area (Å²) in [6.07, 6.45) is -0.399. The fraction of sp³-hybridized carbons (Fsp3) is 0.417. The number of carbonyl (C=O) groups excluding carboxylic acids is 1. The second-order valence-electron chi connectivity index (χ2n) is 3.53. The van der Waals surface area contributed by atoms with Gasteiger partial charge >= 0.3 is 6.09 Å². The highest BCUT2D eigenvalue weighted by molar-refractivity contribution is 5.86. The molecule has 0 aliphatic carbocycles. The first kappa shape index (κ1) is 11.6. The Morgan fingerprint density at radius 2 is 1.93 bits per heavy atom. The predicted octanol–water partition coefficient (Wildman–Crippen LogP) is 3.18. The molecule has 0 unspecified atom stereocenters. The molecule has 0 atom stereocenters. The first-order chi connectivity index (χ1) is 7.06. The molecular formula is C12H17NO2. The second kappa shape index (κ2) is 4.82. The molecule has 15 heavy (non-hydrogen) atoms. The number of hydrogen-bond acceptors (Lipinski definition) is 2. The quantitative estimate of drug-likeness (QED) is 0.808. The maximum atomic E-state index is 11.2. The van der Waals surface area contributed by atoms with Gasteiger partial charge in [0.25, 0.3) is 0 Å². The monoisotopic (exact) mass is 207 g/mol. The van der Waals surface area contributed by atoms with Crippen LogP contribution in [0.15, 0.2) is 12.1 Å². The van der Waals surface area contributed by atoms with Crippen LogP contribution in [-0.2, 0) is 4.74 Å². The highest BCUT2D eigenvalue weighted by atomic mass is 16.5. The van der Waals surface area contributed by atoms with E-state index in [1.165, 1.54) is 11.1 Å². The van der Waals surface area contributed by atoms with Crippen LogP contribution in [0.25, 0.3) is 0 Å². The topological polar surface area (TPSA) is 38.3 Å². The first-order valence-corrected chi connectivity index (χ1v) is 5.06. The number of amides is 1. The third-order valence-corrected chi connectivity index (χ3v) is 2.57. The molecule has 1 N–H and O–H groups in total. The SMILES string of the molecule is CCOC(=O)Nc1ccc(C)c(C)c1C. The van der Waals surface area contributed by atoms with Gasteiger partial charge in [-0.25, -0.2) is 4.79 Å². The van der Waals surface area contributed by atoms with Crippen molar-refractivity contribution in [3.05, 3.63) is 28.8 Å². The number of carbonyl (C=O) groups is 1. The van der Waals surface area contributed by atoms with Crippen LogP contribution in [0, 0.1) is 20.8 Å². The molecule has 0 bridgehead atoms. The minimum atomic E-state index is -0.399. The van der Waals surface area contributed by atoms with Crippen LogP contribution in [0.2, 0.25) is 0 Å². The Morgan fingerprint density at radius 1 is 1.27 bits per heavy atom. The minimum Gasteiger partial charge on any atom is -0.450 e. The molecule has 0 aliphatic rings. The summed E-state index contributed by atoms with van der Waals surface area (Å²) < 4.78 is 4.82. The molecule has 3 nitrogen and oxygen atoms in total. The summed E-state index contributed by atoms with van der Waals surface area (Å²) in [6, 6.07) is 3.89. The highest BCUT2D eigenvalue weighted by Gasteiger charge is 2.07. The van der Waals surface area contributed by atoms with Gasteiger partial charge in [0.2, 0.25) is 0 Å². The summed E-state index contributed by atoms with van der Waals surface area (Å²) in [4.78, 5) is 11.2. The highest BCUT2D eigenvalue weighted by Crippen LogP contribution is 2.21. The third-order valence-electron chi connectivity index (χ3n) is 2.57. The van der Waals surface area contributed by atoms with Crippen molar-refractivity contribution in [2.75, 3.05) is 11.9 Å². The number of anilines is 1. The molecule has 0 saturated heterocycles. The third kappa shape index (κ3) is 2.72. The van der Waals surface area contributed by atoms with Crippen LogP contribution >= 0.6 is 0 Å². The van der Waals surface area contributed by atoms with Gasteiger partial charge in [0.1, 0.15) is 0 Å². The number of aryl methyl sites for hydroxylation is 1. The van der Waals surface area contributed by atoms with E-state index in [4.69, 9.17) is 4.74 Å². The fourth-order valence-corrected chi connectivity index (χ4v) is 1.37. The average Bonchev–Trinajstić information content (AvgIpc) is 2.20. The molecule has 0 saturated carbocycles. The van der Waals surface area contributed by atoms with Gasteiger partial charge in [0, 0.05) is 5.69 Å². The van der Waals surface area contributed by atoms with E-state index < -0.39 is 6.09 Å². The van der Waals surface area contributed by atoms with Crippen molar-refractivity contribution >= 4 is 11.8 Å². The van der Waals surface area contributed by atoms with Crippen LogP contribution in [0.5, 0.6) is 0 Å². The van der Waals surface area contributed by atoms with Gasteiger partial charge in [0.15, 0.2) is 0 Å². The maximum absolute atomic E-state index is 11.2. The number of rotatable bonds is 2. The average molecular weight is 207 g/mol. The lowest BCUT2D eigenvalue weighted by molar-refractivity contribution is 0.168. The van der Waals surface area contributed by atoms with Crippen molar-refractivity contribution < 1.29 is 9.53 Å². The van der Waals surface area contributed by atoms with Crippen molar-refractivity contribution in [3.63, 3.8) is 0 Å². The van der Waals surface area contributed by atoms with E-state index in [2.05, 4.69) is 12.2 Å². The Morgan fingerprint density at radius 3 is 2.53 bits per heavy atom. The summed E-state index contributed by atoms with van der Waals surface area (Å²) in [6.45, 7) is 8.25. The normalized spacial score (nSPS) is 9.87. The molecule has 1 amide bonds. The van der Waals surface area contributed by atoms with Crippen molar-refractivity contribution in [3.8, 4) is 0 Å². The number of benzene rings is 1. The Bertz CT molecular complexity index is 372. The summed E-state index contributed by atoms with van der Waals surface area (Å²) in [5, 5.41) is 2.72. The Kier molecular flexibility index (Phi) is 3.72. The molecule has 82 valence electrons. The zero-order chi connectivity index (χ0) is 11.4.